The van der Waals surface area contributed by atoms with E-state index in [-0.39, 0.29) is 5.92 Å². The molecule has 0 fully saturated rings. The highest BCUT2D eigenvalue weighted by molar-refractivity contribution is 5.44. The first-order valence-corrected chi connectivity index (χ1v) is 9.01. The number of fused-ring (bicyclic) bond motifs is 1. The summed E-state index contributed by atoms with van der Waals surface area (Å²) < 4.78 is 16.8. The number of hydrogen-bond acceptors (Lipinski definition) is 4. The molecular formula is C23H22O4. The molecule has 138 valence electrons. The zero-order valence-electron chi connectivity index (χ0n) is 15.2. The van der Waals surface area contributed by atoms with Crippen molar-refractivity contribution in [2.45, 2.75) is 25.2 Å². The largest absolute Gasteiger partial charge is 0.497 e. The van der Waals surface area contributed by atoms with Crippen molar-refractivity contribution in [2.75, 3.05) is 7.11 Å². The van der Waals surface area contributed by atoms with E-state index in [1.54, 1.807) is 7.11 Å². The molecule has 2 atom stereocenters. The first-order valence-electron chi connectivity index (χ1n) is 9.01. The molecule has 0 aliphatic carbocycles. The lowest BCUT2D eigenvalue weighted by Crippen LogP contribution is -2.30. The van der Waals surface area contributed by atoms with Crippen molar-refractivity contribution in [3.8, 4) is 17.2 Å². The Morgan fingerprint density at radius 1 is 0.963 bits per heavy atom. The molecule has 0 radical (unpaired) electrons. The van der Waals surface area contributed by atoms with E-state index in [9.17, 15) is 5.11 Å². The van der Waals surface area contributed by atoms with E-state index >= 15 is 0 Å². The molecule has 0 aromatic heterocycles. The molecule has 27 heavy (non-hydrogen) atoms. The summed E-state index contributed by atoms with van der Waals surface area (Å²) in [7, 11) is 1.64. The minimum atomic E-state index is -0.893. The monoisotopic (exact) mass is 362 g/mol. The minimum absolute atomic E-state index is 0.112. The number of methoxy groups -OCH3 is 1. The average molecular weight is 362 g/mol. The number of ether oxygens (including phenoxy) is 3. The molecule has 3 aromatic rings. The maximum atomic E-state index is 10.5. The van der Waals surface area contributed by atoms with E-state index in [4.69, 9.17) is 14.2 Å². The van der Waals surface area contributed by atoms with Gasteiger partial charge in [0, 0.05) is 6.07 Å². The van der Waals surface area contributed by atoms with Gasteiger partial charge in [0.15, 0.2) is 0 Å². The van der Waals surface area contributed by atoms with Gasteiger partial charge in [0.1, 0.15) is 23.9 Å². The average Bonchev–Trinajstić information content (AvgIpc) is 2.72. The first-order chi connectivity index (χ1) is 13.2. The summed E-state index contributed by atoms with van der Waals surface area (Å²) in [6, 6.07) is 23.6. The first kappa shape index (κ1) is 17.4. The molecule has 1 N–H and O–H groups in total. The van der Waals surface area contributed by atoms with Crippen molar-refractivity contribution in [1.82, 2.24) is 0 Å². The number of benzene rings is 3. The molecule has 4 heteroatoms. The van der Waals surface area contributed by atoms with Crippen LogP contribution < -0.4 is 14.2 Å². The Balaban J connectivity index is 1.48. The zero-order valence-corrected chi connectivity index (χ0v) is 15.2. The topological polar surface area (TPSA) is 47.9 Å². The molecular weight excluding hydrogens is 340 g/mol. The van der Waals surface area contributed by atoms with Gasteiger partial charge in [-0.1, -0.05) is 48.5 Å². The Bertz CT molecular complexity index is 890. The Morgan fingerprint density at radius 3 is 2.44 bits per heavy atom. The van der Waals surface area contributed by atoms with Gasteiger partial charge in [-0.05, 0) is 41.3 Å². The standard InChI is InChI=1S/C23H22O4/c1-25-19-10-7-17(8-11-19)21-13-18-9-12-20(14-22(18)27-23(21)24)26-15-16-5-3-2-4-6-16/h2-12,14,21,23-24H,13,15H2,1H3. The summed E-state index contributed by atoms with van der Waals surface area (Å²) >= 11 is 0. The van der Waals surface area contributed by atoms with Crippen LogP contribution in [-0.2, 0) is 13.0 Å². The van der Waals surface area contributed by atoms with E-state index in [2.05, 4.69) is 0 Å². The molecule has 0 saturated carbocycles. The van der Waals surface area contributed by atoms with Crippen LogP contribution in [0.3, 0.4) is 0 Å². The lowest BCUT2D eigenvalue weighted by atomic mass is 9.89. The highest BCUT2D eigenvalue weighted by Crippen LogP contribution is 2.38. The molecule has 3 aromatic carbocycles. The summed E-state index contributed by atoms with van der Waals surface area (Å²) in [6.07, 6.45) is -0.183. The zero-order chi connectivity index (χ0) is 18.6. The van der Waals surface area contributed by atoms with Gasteiger partial charge in [-0.25, -0.2) is 0 Å². The van der Waals surface area contributed by atoms with Gasteiger partial charge in [0.25, 0.3) is 0 Å². The highest BCUT2D eigenvalue weighted by atomic mass is 16.6. The van der Waals surface area contributed by atoms with Crippen LogP contribution in [0, 0.1) is 0 Å². The number of rotatable bonds is 5. The second-order valence-electron chi connectivity index (χ2n) is 6.64. The van der Waals surface area contributed by atoms with E-state index in [1.807, 2.05) is 72.8 Å². The Kier molecular flexibility index (Phi) is 4.99. The molecule has 2 unspecified atom stereocenters. The lowest BCUT2D eigenvalue weighted by Gasteiger charge is -2.30. The third kappa shape index (κ3) is 3.91. The summed E-state index contributed by atoms with van der Waals surface area (Å²) in [5.41, 5.74) is 3.20. The molecule has 4 rings (SSSR count). The lowest BCUT2D eigenvalue weighted by molar-refractivity contribution is -0.0482. The summed E-state index contributed by atoms with van der Waals surface area (Å²) in [5.74, 6) is 2.09. The van der Waals surface area contributed by atoms with Gasteiger partial charge >= 0.3 is 0 Å². The second kappa shape index (κ2) is 7.72. The van der Waals surface area contributed by atoms with Gasteiger partial charge in [0.05, 0.1) is 13.0 Å². The van der Waals surface area contributed by atoms with Gasteiger partial charge in [-0.3, -0.25) is 0 Å². The highest BCUT2D eigenvalue weighted by Gasteiger charge is 2.30. The molecule has 1 heterocycles. The van der Waals surface area contributed by atoms with E-state index < -0.39 is 6.29 Å². The fourth-order valence-electron chi connectivity index (χ4n) is 3.33. The van der Waals surface area contributed by atoms with Crippen molar-refractivity contribution in [3.05, 3.63) is 89.5 Å². The molecule has 0 bridgehead atoms. The maximum Gasteiger partial charge on any atom is 0.204 e. The minimum Gasteiger partial charge on any atom is -0.497 e. The third-order valence-corrected chi connectivity index (χ3v) is 4.86. The van der Waals surface area contributed by atoms with Gasteiger partial charge in [-0.15, -0.1) is 0 Å². The summed E-state index contributed by atoms with van der Waals surface area (Å²) in [6.45, 7) is 0.497. The van der Waals surface area contributed by atoms with E-state index in [1.165, 1.54) is 0 Å². The van der Waals surface area contributed by atoms with Crippen molar-refractivity contribution in [2.24, 2.45) is 0 Å². The molecule has 0 spiro atoms. The van der Waals surface area contributed by atoms with Crippen LogP contribution in [0.2, 0.25) is 0 Å². The number of aliphatic hydroxyl groups is 1. The van der Waals surface area contributed by atoms with Crippen molar-refractivity contribution >= 4 is 0 Å². The van der Waals surface area contributed by atoms with Crippen molar-refractivity contribution in [3.63, 3.8) is 0 Å². The molecule has 1 aliphatic rings. The van der Waals surface area contributed by atoms with Gasteiger partial charge < -0.3 is 19.3 Å². The predicted octanol–water partition coefficient (Wildman–Crippen LogP) is 4.31. The van der Waals surface area contributed by atoms with Crippen LogP contribution in [0.4, 0.5) is 0 Å². The smallest absolute Gasteiger partial charge is 0.204 e. The van der Waals surface area contributed by atoms with Gasteiger partial charge in [-0.2, -0.15) is 0 Å². The van der Waals surface area contributed by atoms with Crippen LogP contribution in [0.15, 0.2) is 72.8 Å². The molecule has 4 nitrogen and oxygen atoms in total. The van der Waals surface area contributed by atoms with Gasteiger partial charge in [0.2, 0.25) is 6.29 Å². The van der Waals surface area contributed by atoms with Crippen LogP contribution in [0.5, 0.6) is 17.2 Å². The fraction of sp³-hybridized carbons (Fsp3) is 0.217. The molecule has 0 saturated heterocycles. The van der Waals surface area contributed by atoms with E-state index in [0.717, 1.165) is 28.2 Å². The van der Waals surface area contributed by atoms with Crippen LogP contribution >= 0.6 is 0 Å². The van der Waals surface area contributed by atoms with Crippen LogP contribution in [-0.4, -0.2) is 18.5 Å². The van der Waals surface area contributed by atoms with Crippen molar-refractivity contribution < 1.29 is 19.3 Å². The fourth-order valence-corrected chi connectivity index (χ4v) is 3.33. The summed E-state index contributed by atoms with van der Waals surface area (Å²) in [5, 5.41) is 10.5. The maximum absolute atomic E-state index is 10.5. The SMILES string of the molecule is COc1ccc(C2Cc3ccc(OCc4ccccc4)cc3OC2O)cc1. The Morgan fingerprint density at radius 2 is 1.70 bits per heavy atom. The Hall–Kier alpha value is -2.98. The number of hydrogen-bond donors (Lipinski definition) is 1. The third-order valence-electron chi connectivity index (χ3n) is 4.86. The Labute approximate surface area is 158 Å². The quantitative estimate of drug-likeness (QED) is 0.735. The predicted molar refractivity (Wildman–Crippen MR) is 103 cm³/mol. The van der Waals surface area contributed by atoms with Crippen molar-refractivity contribution in [1.29, 1.82) is 0 Å². The number of aliphatic hydroxyl groups excluding tert-OH is 1. The van der Waals surface area contributed by atoms with E-state index in [0.29, 0.717) is 18.8 Å². The second-order valence-corrected chi connectivity index (χ2v) is 6.64. The molecule has 1 aliphatic heterocycles. The van der Waals surface area contributed by atoms with Crippen LogP contribution in [0.25, 0.3) is 0 Å². The van der Waals surface area contributed by atoms with Crippen LogP contribution in [0.1, 0.15) is 22.6 Å². The normalized spacial score (nSPS) is 18.3. The molecule has 0 amide bonds. The summed E-state index contributed by atoms with van der Waals surface area (Å²) in [4.78, 5) is 0.